The Bertz CT molecular complexity index is 810. The lowest BCUT2D eigenvalue weighted by molar-refractivity contribution is 0.126. The second-order valence-corrected chi connectivity index (χ2v) is 8.63. The van der Waals surface area contributed by atoms with Crippen molar-refractivity contribution >= 4 is 21.8 Å². The van der Waals surface area contributed by atoms with Gasteiger partial charge in [0.1, 0.15) is 23.1 Å². The van der Waals surface area contributed by atoms with Gasteiger partial charge in [-0.05, 0) is 36.4 Å². The third kappa shape index (κ3) is 6.17. The summed E-state index contributed by atoms with van der Waals surface area (Å²) in [5.74, 6) is 0.455. The lowest BCUT2D eigenvalue weighted by Gasteiger charge is -2.18. The summed E-state index contributed by atoms with van der Waals surface area (Å²) in [7, 11) is -3.53. The lowest BCUT2D eigenvalue weighted by Crippen LogP contribution is -2.30. The Kier molecular flexibility index (Phi) is 8.03. The van der Waals surface area contributed by atoms with Gasteiger partial charge in [0.15, 0.2) is 0 Å². The number of thioether (sulfide) groups is 1. The summed E-state index contributed by atoms with van der Waals surface area (Å²) in [4.78, 5) is 4.31. The van der Waals surface area contributed by atoms with Crippen LogP contribution in [0.2, 0.25) is 0 Å². The third-order valence-electron chi connectivity index (χ3n) is 3.73. The summed E-state index contributed by atoms with van der Waals surface area (Å²) in [5, 5.41) is 10.6. The van der Waals surface area contributed by atoms with Gasteiger partial charge in [-0.1, -0.05) is 13.8 Å². The number of hydrogen-bond acceptors (Lipinski definition) is 6. The van der Waals surface area contributed by atoms with Crippen molar-refractivity contribution in [2.24, 2.45) is 0 Å². The number of halogens is 1. The molecule has 1 atom stereocenters. The van der Waals surface area contributed by atoms with E-state index < -0.39 is 16.1 Å². The SMILES string of the molecule is CCN(CC)S(=O)(=O)c1ccc(SCC(O)COc2ccc(F)cc2)nc1. The van der Waals surface area contributed by atoms with Crippen molar-refractivity contribution in [2.45, 2.75) is 29.9 Å². The minimum absolute atomic E-state index is 0.0626. The highest BCUT2D eigenvalue weighted by atomic mass is 32.2. The van der Waals surface area contributed by atoms with Crippen LogP contribution in [-0.2, 0) is 10.0 Å². The summed E-state index contributed by atoms with van der Waals surface area (Å²) in [6.07, 6.45) is 0.582. The van der Waals surface area contributed by atoms with Crippen molar-refractivity contribution in [3.8, 4) is 5.75 Å². The molecule has 1 heterocycles. The predicted molar refractivity (Wildman–Crippen MR) is 103 cm³/mol. The Hall–Kier alpha value is -1.68. The van der Waals surface area contributed by atoms with Crippen LogP contribution in [0.4, 0.5) is 4.39 Å². The van der Waals surface area contributed by atoms with Crippen LogP contribution in [0, 0.1) is 5.82 Å². The fraction of sp³-hybridized carbons (Fsp3) is 0.389. The van der Waals surface area contributed by atoms with Crippen molar-refractivity contribution in [1.82, 2.24) is 9.29 Å². The molecule has 1 aromatic heterocycles. The Morgan fingerprint density at radius 3 is 2.41 bits per heavy atom. The molecule has 0 bridgehead atoms. The van der Waals surface area contributed by atoms with Gasteiger partial charge in [-0.2, -0.15) is 4.31 Å². The molecule has 0 spiro atoms. The third-order valence-corrected chi connectivity index (χ3v) is 6.85. The lowest BCUT2D eigenvalue weighted by atomic mass is 10.3. The fourth-order valence-corrected chi connectivity index (χ4v) is 4.42. The second-order valence-electron chi connectivity index (χ2n) is 5.65. The van der Waals surface area contributed by atoms with Crippen molar-refractivity contribution < 1.29 is 22.7 Å². The first-order valence-corrected chi connectivity index (χ1v) is 10.9. The normalized spacial score (nSPS) is 12.9. The van der Waals surface area contributed by atoms with Crippen LogP contribution in [-0.4, -0.2) is 54.4 Å². The number of hydrogen-bond donors (Lipinski definition) is 1. The molecule has 0 amide bonds. The van der Waals surface area contributed by atoms with E-state index in [1.165, 1.54) is 52.6 Å². The van der Waals surface area contributed by atoms with Gasteiger partial charge in [0, 0.05) is 25.0 Å². The zero-order valence-electron chi connectivity index (χ0n) is 15.2. The van der Waals surface area contributed by atoms with E-state index in [1.807, 2.05) is 0 Å². The second kappa shape index (κ2) is 10.0. The van der Waals surface area contributed by atoms with E-state index >= 15 is 0 Å². The molecule has 0 aliphatic heterocycles. The van der Waals surface area contributed by atoms with Gasteiger partial charge in [0.25, 0.3) is 0 Å². The maximum atomic E-state index is 12.8. The van der Waals surface area contributed by atoms with Gasteiger partial charge in [-0.3, -0.25) is 0 Å². The number of rotatable bonds is 10. The zero-order chi connectivity index (χ0) is 19.9. The van der Waals surface area contributed by atoms with Gasteiger partial charge >= 0.3 is 0 Å². The molecule has 0 aliphatic rings. The first kappa shape index (κ1) is 21.6. The van der Waals surface area contributed by atoms with Crippen LogP contribution in [0.25, 0.3) is 0 Å². The molecule has 2 aromatic rings. The number of aromatic nitrogens is 1. The molecular formula is C18H23FN2O4S2. The molecule has 0 aliphatic carbocycles. The van der Waals surface area contributed by atoms with E-state index in [0.717, 1.165) is 0 Å². The van der Waals surface area contributed by atoms with Gasteiger partial charge in [-0.15, -0.1) is 11.8 Å². The summed E-state index contributed by atoms with van der Waals surface area (Å²) < 4.78 is 44.4. The van der Waals surface area contributed by atoms with Crippen LogP contribution in [0.5, 0.6) is 5.75 Å². The average Bonchev–Trinajstić information content (AvgIpc) is 2.67. The Balaban J connectivity index is 1.86. The average molecular weight is 415 g/mol. The Morgan fingerprint density at radius 2 is 1.85 bits per heavy atom. The van der Waals surface area contributed by atoms with Crippen LogP contribution in [0.1, 0.15) is 13.8 Å². The van der Waals surface area contributed by atoms with Crippen molar-refractivity contribution in [3.05, 3.63) is 48.4 Å². The standard InChI is InChI=1S/C18H23FN2O4S2/c1-3-21(4-2)27(23,24)17-9-10-18(20-11-17)26-13-15(22)12-25-16-7-5-14(19)6-8-16/h5-11,15,22H,3-4,12-13H2,1-2H3. The summed E-state index contributed by atoms with van der Waals surface area (Å²) in [6, 6.07) is 8.69. The first-order valence-electron chi connectivity index (χ1n) is 8.52. The molecule has 1 unspecified atom stereocenters. The first-order chi connectivity index (χ1) is 12.9. The minimum atomic E-state index is -3.53. The summed E-state index contributed by atoms with van der Waals surface area (Å²) >= 11 is 1.30. The number of sulfonamides is 1. The number of aliphatic hydroxyl groups excluding tert-OH is 1. The highest BCUT2D eigenvalue weighted by Crippen LogP contribution is 2.20. The number of pyridine rings is 1. The number of nitrogens with zero attached hydrogens (tertiary/aromatic N) is 2. The monoisotopic (exact) mass is 414 g/mol. The molecule has 9 heteroatoms. The molecule has 148 valence electrons. The van der Waals surface area contributed by atoms with Gasteiger partial charge in [0.2, 0.25) is 10.0 Å². The Morgan fingerprint density at radius 1 is 1.19 bits per heavy atom. The number of benzene rings is 1. The molecular weight excluding hydrogens is 391 g/mol. The van der Waals surface area contributed by atoms with Gasteiger partial charge in [-0.25, -0.2) is 17.8 Å². The number of ether oxygens (including phenoxy) is 1. The minimum Gasteiger partial charge on any atom is -0.491 e. The molecule has 0 radical (unpaired) electrons. The highest BCUT2D eigenvalue weighted by molar-refractivity contribution is 7.99. The molecule has 27 heavy (non-hydrogen) atoms. The van der Waals surface area contributed by atoms with Gasteiger partial charge < -0.3 is 9.84 Å². The van der Waals surface area contributed by atoms with Crippen molar-refractivity contribution in [2.75, 3.05) is 25.4 Å². The molecule has 0 saturated heterocycles. The van der Waals surface area contributed by atoms with Gasteiger partial charge in [0.05, 0.1) is 11.1 Å². The zero-order valence-corrected chi connectivity index (χ0v) is 16.8. The smallest absolute Gasteiger partial charge is 0.244 e. The molecule has 0 saturated carbocycles. The predicted octanol–water partition coefficient (Wildman–Crippen LogP) is 2.78. The maximum Gasteiger partial charge on any atom is 0.244 e. The van der Waals surface area contributed by atoms with E-state index in [4.69, 9.17) is 4.74 Å². The van der Waals surface area contributed by atoms with E-state index in [2.05, 4.69) is 4.98 Å². The van der Waals surface area contributed by atoms with Crippen LogP contribution < -0.4 is 4.74 Å². The van der Waals surface area contributed by atoms with E-state index in [-0.39, 0.29) is 17.3 Å². The van der Waals surface area contributed by atoms with E-state index in [0.29, 0.717) is 29.6 Å². The topological polar surface area (TPSA) is 79.7 Å². The fourth-order valence-electron chi connectivity index (χ4n) is 2.27. The molecule has 1 aromatic carbocycles. The largest absolute Gasteiger partial charge is 0.491 e. The van der Waals surface area contributed by atoms with Crippen LogP contribution in [0.15, 0.2) is 52.5 Å². The Labute approximate surface area is 163 Å². The quantitative estimate of drug-likeness (QED) is 0.602. The molecule has 0 fully saturated rings. The highest BCUT2D eigenvalue weighted by Gasteiger charge is 2.21. The molecule has 1 N–H and O–H groups in total. The maximum absolute atomic E-state index is 12.8. The van der Waals surface area contributed by atoms with Crippen molar-refractivity contribution in [1.29, 1.82) is 0 Å². The van der Waals surface area contributed by atoms with E-state index in [9.17, 15) is 17.9 Å². The summed E-state index contributed by atoms with van der Waals surface area (Å²) in [5.41, 5.74) is 0. The summed E-state index contributed by atoms with van der Waals surface area (Å²) in [6.45, 7) is 4.43. The van der Waals surface area contributed by atoms with Crippen LogP contribution >= 0.6 is 11.8 Å². The van der Waals surface area contributed by atoms with Crippen molar-refractivity contribution in [3.63, 3.8) is 0 Å². The number of aliphatic hydroxyl groups is 1. The van der Waals surface area contributed by atoms with E-state index in [1.54, 1.807) is 19.9 Å². The van der Waals surface area contributed by atoms with Crippen LogP contribution in [0.3, 0.4) is 0 Å². The molecule has 6 nitrogen and oxygen atoms in total. The molecule has 2 rings (SSSR count).